The highest BCUT2D eigenvalue weighted by atomic mass is 16.5. The number of aromatic amines is 1. The second-order valence-corrected chi connectivity index (χ2v) is 5.27. The molecular formula is C18H16BNO3. The van der Waals surface area contributed by atoms with Crippen LogP contribution in [0.5, 0.6) is 5.75 Å². The van der Waals surface area contributed by atoms with Crippen LogP contribution in [-0.2, 0) is 6.61 Å². The maximum atomic E-state index is 12.1. The Morgan fingerprint density at radius 2 is 1.83 bits per heavy atom. The molecule has 0 spiro atoms. The topological polar surface area (TPSA) is 59.2 Å². The first-order valence-corrected chi connectivity index (χ1v) is 7.55. The van der Waals surface area contributed by atoms with Gasteiger partial charge in [-0.2, -0.15) is 0 Å². The Morgan fingerprint density at radius 3 is 2.57 bits per heavy atom. The molecule has 0 radical (unpaired) electrons. The van der Waals surface area contributed by atoms with Crippen LogP contribution >= 0.6 is 0 Å². The van der Waals surface area contributed by atoms with Crippen molar-refractivity contribution in [3.63, 3.8) is 0 Å². The quantitative estimate of drug-likeness (QED) is 0.581. The second kappa shape index (κ2) is 6.52. The third-order valence-corrected chi connectivity index (χ3v) is 3.72. The van der Waals surface area contributed by atoms with E-state index in [1.54, 1.807) is 18.2 Å². The molecule has 0 aliphatic rings. The van der Waals surface area contributed by atoms with Crippen LogP contribution in [0.2, 0.25) is 6.32 Å². The third-order valence-electron chi connectivity index (χ3n) is 3.72. The van der Waals surface area contributed by atoms with Crippen LogP contribution in [0.15, 0.2) is 59.4 Å². The lowest BCUT2D eigenvalue weighted by Gasteiger charge is -2.11. The van der Waals surface area contributed by atoms with Crippen LogP contribution in [0.25, 0.3) is 10.9 Å². The third kappa shape index (κ3) is 3.18. The summed E-state index contributed by atoms with van der Waals surface area (Å²) in [5.41, 5.74) is 1.98. The van der Waals surface area contributed by atoms with Crippen LogP contribution in [0.3, 0.4) is 0 Å². The number of hydrogen-bond acceptors (Lipinski definition) is 3. The van der Waals surface area contributed by atoms with E-state index in [1.165, 1.54) is 6.07 Å². The zero-order chi connectivity index (χ0) is 16.2. The lowest BCUT2D eigenvalue weighted by atomic mass is 9.93. The average molecular weight is 305 g/mol. The number of nitrogens with one attached hydrogen (secondary N) is 1. The summed E-state index contributed by atoms with van der Waals surface area (Å²) in [5, 5.41) is 0.710. The molecule has 0 atom stereocenters. The molecule has 3 rings (SSSR count). The number of ketones is 1. The fraction of sp³-hybridized carbons (Fsp3) is 0.111. The van der Waals surface area contributed by atoms with Gasteiger partial charge in [-0.25, -0.2) is 0 Å². The largest absolute Gasteiger partial charge is 0.487 e. The van der Waals surface area contributed by atoms with Crippen molar-refractivity contribution >= 4 is 24.5 Å². The van der Waals surface area contributed by atoms with Crippen molar-refractivity contribution < 1.29 is 9.53 Å². The Bertz CT molecular complexity index is 903. The summed E-state index contributed by atoms with van der Waals surface area (Å²) in [5.74, 6) is 0.603. The van der Waals surface area contributed by atoms with Crippen molar-refractivity contribution in [1.82, 2.24) is 4.98 Å². The van der Waals surface area contributed by atoms with Gasteiger partial charge in [-0.1, -0.05) is 30.3 Å². The van der Waals surface area contributed by atoms with E-state index in [9.17, 15) is 9.59 Å². The molecular weight excluding hydrogens is 289 g/mol. The average Bonchev–Trinajstić information content (AvgIpc) is 2.59. The molecule has 0 bridgehead atoms. The van der Waals surface area contributed by atoms with Crippen LogP contribution < -0.4 is 10.3 Å². The molecule has 23 heavy (non-hydrogen) atoms. The molecule has 1 aromatic heterocycles. The molecule has 4 nitrogen and oxygen atoms in total. The molecule has 1 N–H and O–H groups in total. The van der Waals surface area contributed by atoms with Crippen molar-refractivity contribution in [2.75, 3.05) is 0 Å². The molecule has 2 aromatic carbocycles. The van der Waals surface area contributed by atoms with E-state index in [4.69, 9.17) is 4.74 Å². The van der Waals surface area contributed by atoms with Gasteiger partial charge < -0.3 is 9.72 Å². The number of fused-ring (bicyclic) bond motifs is 1. The Hall–Kier alpha value is -2.82. The zero-order valence-corrected chi connectivity index (χ0v) is 12.8. The first-order valence-electron chi connectivity index (χ1n) is 7.55. The summed E-state index contributed by atoms with van der Waals surface area (Å²) in [6.07, 6.45) is 0.415. The van der Waals surface area contributed by atoms with E-state index in [2.05, 4.69) is 4.98 Å². The predicted octanol–water partition coefficient (Wildman–Crippen LogP) is 2.34. The number of carbonyl (C=O) groups is 1. The maximum Gasteiger partial charge on any atom is 0.248 e. The van der Waals surface area contributed by atoms with Gasteiger partial charge in [0.1, 0.15) is 20.2 Å². The summed E-state index contributed by atoms with van der Waals surface area (Å²) in [4.78, 5) is 26.5. The Labute approximate surface area is 134 Å². The molecule has 114 valence electrons. The van der Waals surface area contributed by atoms with Crippen molar-refractivity contribution in [3.05, 3.63) is 76.1 Å². The van der Waals surface area contributed by atoms with Crippen molar-refractivity contribution in [1.29, 1.82) is 0 Å². The lowest BCUT2D eigenvalue weighted by molar-refractivity contribution is 0.101. The van der Waals surface area contributed by atoms with Crippen molar-refractivity contribution in [3.8, 4) is 5.75 Å². The first-order chi connectivity index (χ1) is 11.2. The number of rotatable bonds is 5. The Balaban J connectivity index is 2.02. The Morgan fingerprint density at radius 1 is 1.04 bits per heavy atom. The minimum atomic E-state index is -0.219. The molecule has 0 aliphatic carbocycles. The smallest absolute Gasteiger partial charge is 0.248 e. The zero-order valence-electron chi connectivity index (χ0n) is 12.8. The molecule has 0 fully saturated rings. The van der Waals surface area contributed by atoms with Crippen molar-refractivity contribution in [2.45, 2.75) is 12.9 Å². The van der Waals surface area contributed by atoms with Crippen molar-refractivity contribution in [2.24, 2.45) is 0 Å². The number of carbonyl (C=O) groups excluding carboxylic acids is 1. The summed E-state index contributed by atoms with van der Waals surface area (Å²) < 4.78 is 5.85. The van der Waals surface area contributed by atoms with Gasteiger partial charge in [-0.3, -0.25) is 9.59 Å². The van der Waals surface area contributed by atoms with Gasteiger partial charge in [0.05, 0.1) is 5.52 Å². The summed E-state index contributed by atoms with van der Waals surface area (Å²) in [7, 11) is 1.82. The molecule has 0 aliphatic heterocycles. The molecule has 1 heterocycles. The number of benzene rings is 2. The minimum absolute atomic E-state index is 0.0386. The molecule has 0 unspecified atom stereocenters. The van der Waals surface area contributed by atoms with Gasteiger partial charge in [0.25, 0.3) is 0 Å². The fourth-order valence-electron chi connectivity index (χ4n) is 2.51. The standard InChI is InChI=1S/C18H16BNO3/c19-10-15(21)13-6-8-16(18-14(13)7-9-17(22)20-18)23-11-12-4-2-1-3-5-12/h1-9H,10-11,19H2,(H,20,22). The van der Waals surface area contributed by atoms with E-state index in [1.807, 2.05) is 38.2 Å². The number of Topliss-reactive ketones (excluding diaryl/α,β-unsaturated/α-hetero) is 1. The maximum absolute atomic E-state index is 12.1. The first kappa shape index (κ1) is 15.1. The van der Waals surface area contributed by atoms with E-state index in [0.29, 0.717) is 35.1 Å². The van der Waals surface area contributed by atoms with Gasteiger partial charge in [0.2, 0.25) is 5.56 Å². The molecule has 0 saturated carbocycles. The van der Waals surface area contributed by atoms with E-state index < -0.39 is 0 Å². The van der Waals surface area contributed by atoms with Gasteiger partial charge in [-0.15, -0.1) is 0 Å². The van der Waals surface area contributed by atoms with Crippen LogP contribution in [-0.4, -0.2) is 18.6 Å². The van der Waals surface area contributed by atoms with Crippen LogP contribution in [0.1, 0.15) is 15.9 Å². The summed E-state index contributed by atoms with van der Waals surface area (Å²) in [6, 6.07) is 16.4. The summed E-state index contributed by atoms with van der Waals surface area (Å²) in [6.45, 7) is 0.397. The SMILES string of the molecule is BCC(=O)c1ccc(OCc2ccccc2)c2[nH]c(=O)ccc12. The summed E-state index contributed by atoms with van der Waals surface area (Å²) >= 11 is 0. The molecule has 0 amide bonds. The van der Waals surface area contributed by atoms with Gasteiger partial charge in [0, 0.05) is 17.0 Å². The Kier molecular flexibility index (Phi) is 4.28. The highest BCUT2D eigenvalue weighted by Crippen LogP contribution is 2.27. The van der Waals surface area contributed by atoms with Gasteiger partial charge >= 0.3 is 0 Å². The molecule has 5 heteroatoms. The fourth-order valence-corrected chi connectivity index (χ4v) is 2.51. The second-order valence-electron chi connectivity index (χ2n) is 5.27. The number of pyridine rings is 1. The van der Waals surface area contributed by atoms with Gasteiger partial charge in [0.15, 0.2) is 5.78 Å². The van der Waals surface area contributed by atoms with E-state index in [0.717, 1.165) is 5.56 Å². The predicted molar refractivity (Wildman–Crippen MR) is 93.0 cm³/mol. The highest BCUT2D eigenvalue weighted by molar-refractivity contribution is 6.26. The number of H-pyrrole nitrogens is 1. The van der Waals surface area contributed by atoms with Crippen LogP contribution in [0.4, 0.5) is 0 Å². The van der Waals surface area contributed by atoms with Crippen LogP contribution in [0, 0.1) is 0 Å². The molecule has 0 saturated heterocycles. The lowest BCUT2D eigenvalue weighted by Crippen LogP contribution is -2.07. The van der Waals surface area contributed by atoms with E-state index >= 15 is 0 Å². The molecule has 3 aromatic rings. The minimum Gasteiger partial charge on any atom is -0.487 e. The highest BCUT2D eigenvalue weighted by Gasteiger charge is 2.12. The monoisotopic (exact) mass is 305 g/mol. The number of aromatic nitrogens is 1. The number of ether oxygens (including phenoxy) is 1. The number of hydrogen-bond donors (Lipinski definition) is 1. The van der Waals surface area contributed by atoms with Gasteiger partial charge in [-0.05, 0) is 30.1 Å². The normalized spacial score (nSPS) is 10.6. The van der Waals surface area contributed by atoms with E-state index in [-0.39, 0.29) is 11.3 Å².